The smallest absolute Gasteiger partial charge is 0.276 e. The van der Waals surface area contributed by atoms with Crippen molar-refractivity contribution >= 4 is 23.6 Å². The summed E-state index contributed by atoms with van der Waals surface area (Å²) in [5.74, 6) is -0.497. The molecule has 0 spiro atoms. The highest BCUT2D eigenvalue weighted by atomic mass is 16.5. The van der Waals surface area contributed by atoms with E-state index < -0.39 is 11.8 Å². The number of nitrogens with one attached hydrogen (secondary N) is 4. The van der Waals surface area contributed by atoms with E-state index in [1.807, 2.05) is 12.1 Å². The topological polar surface area (TPSA) is 135 Å². The molecule has 10 nitrogen and oxygen atoms in total. The Bertz CT molecular complexity index is 819. The van der Waals surface area contributed by atoms with E-state index >= 15 is 0 Å². The molecule has 0 radical (unpaired) electrons. The molecule has 176 valence electrons. The molecule has 0 saturated carbocycles. The molecule has 0 aliphatic carbocycles. The van der Waals surface area contributed by atoms with Crippen molar-refractivity contribution < 1.29 is 28.7 Å². The van der Waals surface area contributed by atoms with E-state index in [9.17, 15) is 19.2 Å². The molecule has 0 aliphatic rings. The number of rotatable bonds is 12. The highest BCUT2D eigenvalue weighted by Crippen LogP contribution is 2.08. The number of unbranched alkanes of at least 4 members (excludes halogenated alkanes) is 2. The van der Waals surface area contributed by atoms with Crippen molar-refractivity contribution in [2.45, 2.75) is 32.1 Å². The fourth-order valence-electron chi connectivity index (χ4n) is 2.56. The molecule has 0 fully saturated rings. The van der Waals surface area contributed by atoms with Gasteiger partial charge >= 0.3 is 0 Å². The summed E-state index contributed by atoms with van der Waals surface area (Å²) in [6, 6.07) is 17.7. The Labute approximate surface area is 192 Å². The summed E-state index contributed by atoms with van der Waals surface area (Å²) in [4.78, 5) is 46.8. The summed E-state index contributed by atoms with van der Waals surface area (Å²) in [5.41, 5.74) is 9.20. The lowest BCUT2D eigenvalue weighted by molar-refractivity contribution is -0.130. The molecule has 2 aromatic rings. The van der Waals surface area contributed by atoms with Crippen molar-refractivity contribution in [3.63, 3.8) is 0 Å². The zero-order valence-corrected chi connectivity index (χ0v) is 18.2. The second kappa shape index (κ2) is 14.8. The molecule has 4 amide bonds. The number of carbonyl (C=O) groups is 4. The summed E-state index contributed by atoms with van der Waals surface area (Å²) in [7, 11) is 0. The molecule has 10 heteroatoms. The molecule has 0 bridgehead atoms. The average molecular weight is 456 g/mol. The van der Waals surface area contributed by atoms with Gasteiger partial charge in [-0.1, -0.05) is 42.8 Å². The van der Waals surface area contributed by atoms with E-state index in [0.717, 1.165) is 0 Å². The number of benzene rings is 2. The minimum absolute atomic E-state index is 0.203. The third-order valence-corrected chi connectivity index (χ3v) is 4.22. The van der Waals surface area contributed by atoms with E-state index in [-0.39, 0.29) is 37.9 Å². The normalized spacial score (nSPS) is 9.94. The summed E-state index contributed by atoms with van der Waals surface area (Å²) in [6.07, 6.45) is 2.14. The minimum Gasteiger partial charge on any atom is -0.484 e. The average Bonchev–Trinajstić information content (AvgIpc) is 2.84. The molecule has 2 aromatic carbocycles. The van der Waals surface area contributed by atoms with Crippen LogP contribution in [0, 0.1) is 0 Å². The first-order chi connectivity index (χ1) is 16.0. The van der Waals surface area contributed by atoms with Crippen molar-refractivity contribution in [3.05, 3.63) is 60.7 Å². The molecule has 0 heterocycles. The quantitative estimate of drug-likeness (QED) is 0.282. The SMILES string of the molecule is O=C(CCCCCC(=O)NNC(=O)COc1ccccc1)NNC(=O)COc1ccccc1. The van der Waals surface area contributed by atoms with Gasteiger partial charge in [0.1, 0.15) is 11.5 Å². The first kappa shape index (κ1) is 25.2. The summed E-state index contributed by atoms with van der Waals surface area (Å²) < 4.78 is 10.5. The molecule has 0 unspecified atom stereocenters. The first-order valence-electron chi connectivity index (χ1n) is 10.5. The van der Waals surface area contributed by atoms with E-state index in [1.54, 1.807) is 48.5 Å². The number of hydrogen-bond donors (Lipinski definition) is 4. The third-order valence-electron chi connectivity index (χ3n) is 4.22. The Kier molecular flexibility index (Phi) is 11.3. The van der Waals surface area contributed by atoms with Gasteiger partial charge in [0.25, 0.3) is 11.8 Å². The molecule has 0 atom stereocenters. The summed E-state index contributed by atoms with van der Waals surface area (Å²) >= 11 is 0. The predicted molar refractivity (Wildman–Crippen MR) is 120 cm³/mol. The lowest BCUT2D eigenvalue weighted by Crippen LogP contribution is -2.43. The predicted octanol–water partition coefficient (Wildman–Crippen LogP) is 1.39. The van der Waals surface area contributed by atoms with Crippen LogP contribution in [0.1, 0.15) is 32.1 Å². The zero-order valence-electron chi connectivity index (χ0n) is 18.2. The Morgan fingerprint density at radius 2 is 0.879 bits per heavy atom. The molecular formula is C23H28N4O6. The Balaban J connectivity index is 1.44. The lowest BCUT2D eigenvalue weighted by atomic mass is 10.1. The fourth-order valence-corrected chi connectivity index (χ4v) is 2.56. The van der Waals surface area contributed by atoms with Gasteiger partial charge in [0.05, 0.1) is 0 Å². The number of carbonyl (C=O) groups excluding carboxylic acids is 4. The van der Waals surface area contributed by atoms with Crippen LogP contribution in [-0.4, -0.2) is 36.8 Å². The largest absolute Gasteiger partial charge is 0.484 e. The van der Waals surface area contributed by atoms with Gasteiger partial charge in [0.15, 0.2) is 13.2 Å². The van der Waals surface area contributed by atoms with Crippen LogP contribution in [0.2, 0.25) is 0 Å². The maximum absolute atomic E-state index is 11.8. The standard InChI is InChI=1S/C23H28N4O6/c28-20(24-26-22(30)16-32-18-10-4-1-5-11-18)14-8-3-9-15-21(29)25-27-23(31)17-33-19-12-6-2-7-13-19/h1-2,4-7,10-13H,3,8-9,14-17H2,(H,24,28)(H,25,29)(H,26,30)(H,27,31). The van der Waals surface area contributed by atoms with Crippen LogP contribution in [0.5, 0.6) is 11.5 Å². The van der Waals surface area contributed by atoms with Crippen molar-refractivity contribution in [2.75, 3.05) is 13.2 Å². The number of hydrogen-bond acceptors (Lipinski definition) is 6. The van der Waals surface area contributed by atoms with Gasteiger partial charge in [0.2, 0.25) is 11.8 Å². The highest BCUT2D eigenvalue weighted by Gasteiger charge is 2.08. The fraction of sp³-hybridized carbons (Fsp3) is 0.304. The maximum Gasteiger partial charge on any atom is 0.276 e. The Morgan fingerprint density at radius 1 is 0.515 bits per heavy atom. The van der Waals surface area contributed by atoms with Crippen LogP contribution in [0.15, 0.2) is 60.7 Å². The van der Waals surface area contributed by atoms with Crippen LogP contribution < -0.4 is 31.2 Å². The molecule has 0 aromatic heterocycles. The van der Waals surface area contributed by atoms with Crippen molar-refractivity contribution in [1.82, 2.24) is 21.7 Å². The molecule has 0 aliphatic heterocycles. The lowest BCUT2D eigenvalue weighted by Gasteiger charge is -2.09. The van der Waals surface area contributed by atoms with Crippen LogP contribution in [-0.2, 0) is 19.2 Å². The molecule has 33 heavy (non-hydrogen) atoms. The van der Waals surface area contributed by atoms with E-state index in [0.29, 0.717) is 30.8 Å². The van der Waals surface area contributed by atoms with Crippen molar-refractivity contribution in [1.29, 1.82) is 0 Å². The van der Waals surface area contributed by atoms with Crippen LogP contribution >= 0.6 is 0 Å². The van der Waals surface area contributed by atoms with Gasteiger partial charge in [0, 0.05) is 12.8 Å². The van der Waals surface area contributed by atoms with Crippen LogP contribution in [0.4, 0.5) is 0 Å². The van der Waals surface area contributed by atoms with Crippen LogP contribution in [0.3, 0.4) is 0 Å². The number of amides is 4. The Hall–Kier alpha value is -4.08. The molecule has 2 rings (SSSR count). The maximum atomic E-state index is 11.8. The van der Waals surface area contributed by atoms with E-state index in [2.05, 4.69) is 21.7 Å². The highest BCUT2D eigenvalue weighted by molar-refractivity contribution is 5.83. The minimum atomic E-state index is -0.472. The van der Waals surface area contributed by atoms with Gasteiger partial charge in [-0.2, -0.15) is 0 Å². The van der Waals surface area contributed by atoms with Gasteiger partial charge in [-0.15, -0.1) is 0 Å². The Morgan fingerprint density at radius 3 is 1.27 bits per heavy atom. The number of ether oxygens (including phenoxy) is 2. The second-order valence-corrected chi connectivity index (χ2v) is 6.96. The zero-order chi connectivity index (χ0) is 23.7. The van der Waals surface area contributed by atoms with E-state index in [4.69, 9.17) is 9.47 Å². The van der Waals surface area contributed by atoms with E-state index in [1.165, 1.54) is 0 Å². The summed E-state index contributed by atoms with van der Waals surface area (Å²) in [5, 5.41) is 0. The van der Waals surface area contributed by atoms with Crippen LogP contribution in [0.25, 0.3) is 0 Å². The number of hydrazine groups is 2. The summed E-state index contributed by atoms with van der Waals surface area (Å²) in [6.45, 7) is -0.428. The van der Waals surface area contributed by atoms with Crippen molar-refractivity contribution in [2.24, 2.45) is 0 Å². The first-order valence-corrected chi connectivity index (χ1v) is 10.5. The van der Waals surface area contributed by atoms with Gasteiger partial charge in [-0.25, -0.2) is 0 Å². The molecular weight excluding hydrogens is 428 g/mol. The molecule has 4 N–H and O–H groups in total. The molecule has 0 saturated heterocycles. The van der Waals surface area contributed by atoms with Gasteiger partial charge in [-0.05, 0) is 37.1 Å². The third kappa shape index (κ3) is 11.8. The van der Waals surface area contributed by atoms with Gasteiger partial charge < -0.3 is 9.47 Å². The number of para-hydroxylation sites is 2. The van der Waals surface area contributed by atoms with Crippen molar-refractivity contribution in [3.8, 4) is 11.5 Å². The second-order valence-electron chi connectivity index (χ2n) is 6.96. The van der Waals surface area contributed by atoms with Gasteiger partial charge in [-0.3, -0.25) is 40.9 Å². The monoisotopic (exact) mass is 456 g/mol.